The van der Waals surface area contributed by atoms with Gasteiger partial charge in [-0.1, -0.05) is 6.07 Å². The van der Waals surface area contributed by atoms with Gasteiger partial charge in [0.05, 0.1) is 18.8 Å². The summed E-state index contributed by atoms with van der Waals surface area (Å²) in [5, 5.41) is 11.3. The number of pyridine rings is 1. The number of hydrogen-bond acceptors (Lipinski definition) is 6. The van der Waals surface area contributed by atoms with Gasteiger partial charge in [0.2, 0.25) is 0 Å². The number of nitrogens with zero attached hydrogens (tertiary/aromatic N) is 6. The Kier molecular flexibility index (Phi) is 8.42. The van der Waals surface area contributed by atoms with Crippen molar-refractivity contribution in [3.8, 4) is 0 Å². The van der Waals surface area contributed by atoms with Crippen LogP contribution in [0, 0.1) is 0 Å². The summed E-state index contributed by atoms with van der Waals surface area (Å²) in [4.78, 5) is 15.5. The summed E-state index contributed by atoms with van der Waals surface area (Å²) in [7, 11) is 7.40. The van der Waals surface area contributed by atoms with Gasteiger partial charge < -0.3 is 20.3 Å². The molecule has 2 N–H and O–H groups in total. The molecule has 3 heterocycles. The summed E-state index contributed by atoms with van der Waals surface area (Å²) >= 11 is 0. The number of ether oxygens (including phenoxy) is 1. The molecule has 28 heavy (non-hydrogen) atoms. The molecule has 0 aromatic carbocycles. The van der Waals surface area contributed by atoms with Crippen molar-refractivity contribution in [1.82, 2.24) is 30.4 Å². The molecule has 3 rings (SSSR count). The Bertz CT molecular complexity index is 792. The van der Waals surface area contributed by atoms with E-state index >= 15 is 0 Å². The van der Waals surface area contributed by atoms with Gasteiger partial charge in [-0.2, -0.15) is 5.10 Å². The first-order valence-corrected chi connectivity index (χ1v) is 9.11. The second-order valence-electron chi connectivity index (χ2n) is 6.75. The summed E-state index contributed by atoms with van der Waals surface area (Å²) in [6, 6.07) is 6.27. The Hall–Kier alpha value is -1.95. The highest BCUT2D eigenvalue weighted by molar-refractivity contribution is 14.0. The lowest BCUT2D eigenvalue weighted by molar-refractivity contribution is 0.177. The predicted molar refractivity (Wildman–Crippen MR) is 120 cm³/mol. The van der Waals surface area contributed by atoms with Crippen molar-refractivity contribution >= 4 is 35.8 Å². The molecule has 9 nitrogen and oxygen atoms in total. The molecule has 1 aliphatic heterocycles. The number of aromatic nitrogens is 4. The van der Waals surface area contributed by atoms with Crippen LogP contribution < -0.4 is 15.5 Å². The van der Waals surface area contributed by atoms with E-state index in [0.29, 0.717) is 13.2 Å². The Morgan fingerprint density at radius 2 is 2.18 bits per heavy atom. The van der Waals surface area contributed by atoms with Crippen LogP contribution in [0.5, 0.6) is 0 Å². The number of anilines is 1. The number of halogens is 1. The quantitative estimate of drug-likeness (QED) is 0.350. The van der Waals surface area contributed by atoms with Crippen molar-refractivity contribution in [2.75, 3.05) is 33.2 Å². The molecule has 10 heteroatoms. The Morgan fingerprint density at radius 3 is 2.89 bits per heavy atom. The van der Waals surface area contributed by atoms with Crippen LogP contribution in [0.15, 0.2) is 23.2 Å². The average molecular weight is 500 g/mol. The minimum Gasteiger partial charge on any atom is -0.377 e. The van der Waals surface area contributed by atoms with Crippen LogP contribution in [0.3, 0.4) is 0 Å². The van der Waals surface area contributed by atoms with E-state index in [-0.39, 0.29) is 30.0 Å². The third-order valence-electron chi connectivity index (χ3n) is 4.43. The summed E-state index contributed by atoms with van der Waals surface area (Å²) in [5.41, 5.74) is 0.968. The molecule has 0 fully saturated rings. The van der Waals surface area contributed by atoms with Crippen LogP contribution in [0.4, 0.5) is 5.82 Å². The minimum atomic E-state index is 0. The number of aliphatic imine (C=N–C) groups is 1. The molecule has 1 atom stereocenters. The van der Waals surface area contributed by atoms with Gasteiger partial charge in [-0.15, -0.1) is 24.0 Å². The van der Waals surface area contributed by atoms with E-state index in [4.69, 9.17) is 4.74 Å². The van der Waals surface area contributed by atoms with Gasteiger partial charge in [0.15, 0.2) is 11.8 Å². The maximum Gasteiger partial charge on any atom is 0.191 e. The van der Waals surface area contributed by atoms with Crippen molar-refractivity contribution in [2.24, 2.45) is 4.99 Å². The molecule has 0 aliphatic carbocycles. The van der Waals surface area contributed by atoms with E-state index in [1.807, 2.05) is 41.9 Å². The van der Waals surface area contributed by atoms with Gasteiger partial charge in [0.1, 0.15) is 18.2 Å². The van der Waals surface area contributed by atoms with E-state index in [0.717, 1.165) is 48.5 Å². The maximum absolute atomic E-state index is 5.12. The number of hydrogen-bond donors (Lipinski definition) is 2. The first-order chi connectivity index (χ1) is 13.1. The fourth-order valence-corrected chi connectivity index (χ4v) is 3.05. The monoisotopic (exact) mass is 500 g/mol. The molecule has 0 bridgehead atoms. The molecule has 0 amide bonds. The van der Waals surface area contributed by atoms with E-state index in [1.54, 1.807) is 14.2 Å². The van der Waals surface area contributed by atoms with Gasteiger partial charge in [0, 0.05) is 40.7 Å². The fraction of sp³-hybridized carbons (Fsp3) is 0.556. The van der Waals surface area contributed by atoms with Crippen molar-refractivity contribution < 1.29 is 4.74 Å². The van der Waals surface area contributed by atoms with Crippen molar-refractivity contribution in [3.63, 3.8) is 0 Å². The van der Waals surface area contributed by atoms with Crippen LogP contribution >= 0.6 is 24.0 Å². The molecule has 154 valence electrons. The van der Waals surface area contributed by atoms with Crippen LogP contribution in [0.1, 0.15) is 23.8 Å². The first-order valence-electron chi connectivity index (χ1n) is 9.11. The molecule has 2 aromatic rings. The summed E-state index contributed by atoms with van der Waals surface area (Å²) in [6.07, 6.45) is 1.87. The number of aryl methyl sites for hydroxylation is 1. The van der Waals surface area contributed by atoms with Crippen molar-refractivity contribution in [2.45, 2.75) is 38.6 Å². The molecule has 1 aliphatic rings. The highest BCUT2D eigenvalue weighted by atomic mass is 127. The minimum absolute atomic E-state index is 0. The molecular weight excluding hydrogens is 471 g/mol. The van der Waals surface area contributed by atoms with Crippen LogP contribution in [-0.4, -0.2) is 60.0 Å². The molecule has 0 radical (unpaired) electrons. The van der Waals surface area contributed by atoms with E-state index in [9.17, 15) is 0 Å². The second-order valence-corrected chi connectivity index (χ2v) is 6.75. The van der Waals surface area contributed by atoms with Gasteiger partial charge >= 0.3 is 0 Å². The normalized spacial score (nSPS) is 16.1. The third-order valence-corrected chi connectivity index (χ3v) is 4.43. The van der Waals surface area contributed by atoms with Crippen molar-refractivity contribution in [1.29, 1.82) is 0 Å². The highest BCUT2D eigenvalue weighted by Gasteiger charge is 2.22. The molecule has 0 saturated carbocycles. The van der Waals surface area contributed by atoms with Gasteiger partial charge in [-0.3, -0.25) is 4.99 Å². The summed E-state index contributed by atoms with van der Waals surface area (Å²) in [6.45, 7) is 1.82. The number of nitrogens with one attached hydrogen (secondary N) is 2. The Morgan fingerprint density at radius 1 is 1.36 bits per heavy atom. The largest absolute Gasteiger partial charge is 0.377 e. The topological polar surface area (TPSA) is 92.5 Å². The van der Waals surface area contributed by atoms with E-state index in [1.165, 1.54) is 0 Å². The standard InChI is InChI=1S/C18H28N8O.HI/c1-19-18(20-10-13-6-5-7-16(21-13)25(2)3)22-14-8-9-17-23-15(12-27-4)24-26(17)11-14;/h5-7,14H,8-12H2,1-4H3,(H2,19,20,22);1H. The zero-order chi connectivity index (χ0) is 19.2. The smallest absolute Gasteiger partial charge is 0.191 e. The lowest BCUT2D eigenvalue weighted by atomic mass is 10.1. The molecular formula is C18H29IN8O. The zero-order valence-electron chi connectivity index (χ0n) is 16.8. The predicted octanol–water partition coefficient (Wildman–Crippen LogP) is 1.18. The van der Waals surface area contributed by atoms with Crippen LogP contribution in [0.25, 0.3) is 0 Å². The number of fused-ring (bicyclic) bond motifs is 1. The highest BCUT2D eigenvalue weighted by Crippen LogP contribution is 2.13. The SMILES string of the molecule is CN=C(NCc1cccc(N(C)C)n1)NC1CCc2nc(COC)nn2C1.I. The first kappa shape index (κ1) is 22.3. The third kappa shape index (κ3) is 5.77. The van der Waals surface area contributed by atoms with E-state index in [2.05, 4.69) is 30.7 Å². The molecule has 0 saturated heterocycles. The fourth-order valence-electron chi connectivity index (χ4n) is 3.05. The average Bonchev–Trinajstić information content (AvgIpc) is 3.07. The molecule has 2 aromatic heterocycles. The van der Waals surface area contributed by atoms with Gasteiger partial charge in [-0.25, -0.2) is 14.6 Å². The lowest BCUT2D eigenvalue weighted by Crippen LogP contribution is -2.46. The summed E-state index contributed by atoms with van der Waals surface area (Å²) in [5.74, 6) is 3.46. The van der Waals surface area contributed by atoms with Crippen molar-refractivity contribution in [3.05, 3.63) is 35.5 Å². The lowest BCUT2D eigenvalue weighted by Gasteiger charge is -2.25. The zero-order valence-corrected chi connectivity index (χ0v) is 19.2. The second kappa shape index (κ2) is 10.6. The number of guanidine groups is 1. The van der Waals surface area contributed by atoms with Crippen LogP contribution in [0.2, 0.25) is 0 Å². The Balaban J connectivity index is 0.00000280. The van der Waals surface area contributed by atoms with Crippen LogP contribution in [-0.2, 0) is 30.9 Å². The number of methoxy groups -OCH3 is 1. The summed E-state index contributed by atoms with van der Waals surface area (Å²) < 4.78 is 7.08. The molecule has 1 unspecified atom stereocenters. The maximum atomic E-state index is 5.12. The van der Waals surface area contributed by atoms with Gasteiger partial charge in [0.25, 0.3) is 0 Å². The molecule has 0 spiro atoms. The number of rotatable bonds is 6. The van der Waals surface area contributed by atoms with Gasteiger partial charge in [-0.05, 0) is 18.6 Å². The van der Waals surface area contributed by atoms with E-state index < -0.39 is 0 Å². The Labute approximate surface area is 183 Å².